The molecule has 0 bridgehead atoms. The number of ether oxygens (including phenoxy) is 1. The molecular weight excluding hydrogens is 347 g/mol. The van der Waals surface area contributed by atoms with Crippen molar-refractivity contribution in [2.24, 2.45) is 0 Å². The molecule has 7 heteroatoms. The molecule has 6 nitrogen and oxygen atoms in total. The smallest absolute Gasteiger partial charge is 0.251 e. The van der Waals surface area contributed by atoms with Gasteiger partial charge in [-0.05, 0) is 61.4 Å². The molecule has 0 spiro atoms. The lowest BCUT2D eigenvalue weighted by molar-refractivity contribution is 0.0858. The fourth-order valence-electron chi connectivity index (χ4n) is 3.11. The van der Waals surface area contributed by atoms with Crippen LogP contribution in [0.4, 0.5) is 4.39 Å². The molecule has 27 heavy (non-hydrogen) atoms. The van der Waals surface area contributed by atoms with Gasteiger partial charge in [0.15, 0.2) is 0 Å². The summed E-state index contributed by atoms with van der Waals surface area (Å²) >= 11 is 0. The molecule has 1 atom stereocenters. The summed E-state index contributed by atoms with van der Waals surface area (Å²) in [7, 11) is 0. The minimum atomic E-state index is -0.295. The normalized spacial score (nSPS) is 16.4. The number of benzene rings is 2. The van der Waals surface area contributed by atoms with Gasteiger partial charge < -0.3 is 10.1 Å². The van der Waals surface area contributed by atoms with Crippen LogP contribution < -0.4 is 5.32 Å². The minimum Gasteiger partial charge on any atom is -0.376 e. The van der Waals surface area contributed by atoms with Gasteiger partial charge in [0.25, 0.3) is 5.91 Å². The first-order valence-corrected chi connectivity index (χ1v) is 8.87. The largest absolute Gasteiger partial charge is 0.376 e. The van der Waals surface area contributed by atoms with E-state index in [2.05, 4.69) is 15.6 Å². The molecule has 1 saturated heterocycles. The SMILES string of the molecule is O=C(NCC1CCCO1)c1ccc(-n2nncc2-c2ccc(F)cc2)cc1. The Kier molecular flexibility index (Phi) is 4.93. The van der Waals surface area contributed by atoms with Gasteiger partial charge in [-0.2, -0.15) is 0 Å². The van der Waals surface area contributed by atoms with Gasteiger partial charge in [0.2, 0.25) is 0 Å². The Balaban J connectivity index is 1.48. The summed E-state index contributed by atoms with van der Waals surface area (Å²) in [6.45, 7) is 1.29. The predicted molar refractivity (Wildman–Crippen MR) is 98.1 cm³/mol. The molecule has 2 aromatic carbocycles. The molecule has 2 heterocycles. The Morgan fingerprint density at radius 3 is 2.67 bits per heavy atom. The lowest BCUT2D eigenvalue weighted by Gasteiger charge is -2.11. The fourth-order valence-corrected chi connectivity index (χ4v) is 3.11. The Morgan fingerprint density at radius 1 is 1.19 bits per heavy atom. The number of nitrogens with one attached hydrogen (secondary N) is 1. The highest BCUT2D eigenvalue weighted by Crippen LogP contribution is 2.22. The molecule has 1 aliphatic rings. The molecule has 138 valence electrons. The highest BCUT2D eigenvalue weighted by Gasteiger charge is 2.17. The monoisotopic (exact) mass is 366 g/mol. The van der Waals surface area contributed by atoms with Gasteiger partial charge in [-0.25, -0.2) is 9.07 Å². The molecule has 0 aliphatic carbocycles. The topological polar surface area (TPSA) is 69.0 Å². The molecule has 1 N–H and O–H groups in total. The summed E-state index contributed by atoms with van der Waals surface area (Å²) in [5, 5.41) is 11.0. The highest BCUT2D eigenvalue weighted by atomic mass is 19.1. The van der Waals surface area contributed by atoms with Crippen LogP contribution in [0, 0.1) is 5.82 Å². The predicted octanol–water partition coefficient (Wildman–Crippen LogP) is 2.98. The van der Waals surface area contributed by atoms with E-state index in [0.29, 0.717) is 12.1 Å². The van der Waals surface area contributed by atoms with Crippen LogP contribution in [0.1, 0.15) is 23.2 Å². The molecule has 4 rings (SSSR count). The summed E-state index contributed by atoms with van der Waals surface area (Å²) in [6.07, 6.45) is 3.76. The Labute approximate surface area is 156 Å². The first-order valence-electron chi connectivity index (χ1n) is 8.87. The molecule has 1 amide bonds. The maximum absolute atomic E-state index is 13.1. The molecule has 0 saturated carbocycles. The third-order valence-corrected chi connectivity index (χ3v) is 4.58. The zero-order valence-electron chi connectivity index (χ0n) is 14.6. The number of carbonyl (C=O) groups is 1. The van der Waals surface area contributed by atoms with Crippen molar-refractivity contribution in [3.8, 4) is 16.9 Å². The van der Waals surface area contributed by atoms with E-state index in [1.54, 1.807) is 35.1 Å². The van der Waals surface area contributed by atoms with E-state index in [0.717, 1.165) is 36.4 Å². The molecule has 1 fully saturated rings. The van der Waals surface area contributed by atoms with Crippen LogP contribution in [0.3, 0.4) is 0 Å². The average molecular weight is 366 g/mol. The number of halogens is 1. The van der Waals surface area contributed by atoms with E-state index < -0.39 is 0 Å². The number of hydrogen-bond acceptors (Lipinski definition) is 4. The van der Waals surface area contributed by atoms with Crippen LogP contribution in [0.15, 0.2) is 54.7 Å². The minimum absolute atomic E-state index is 0.113. The van der Waals surface area contributed by atoms with Crippen molar-refractivity contribution in [1.82, 2.24) is 20.3 Å². The quantitative estimate of drug-likeness (QED) is 0.754. The van der Waals surface area contributed by atoms with Gasteiger partial charge in [0.1, 0.15) is 5.82 Å². The van der Waals surface area contributed by atoms with Crippen molar-refractivity contribution in [3.63, 3.8) is 0 Å². The summed E-state index contributed by atoms with van der Waals surface area (Å²) in [4.78, 5) is 12.3. The van der Waals surface area contributed by atoms with Crippen molar-refractivity contribution in [2.45, 2.75) is 18.9 Å². The third kappa shape index (κ3) is 3.88. The molecule has 3 aromatic rings. The summed E-state index contributed by atoms with van der Waals surface area (Å²) in [5.41, 5.74) is 2.88. The second-order valence-corrected chi connectivity index (χ2v) is 6.43. The first-order chi connectivity index (χ1) is 13.2. The third-order valence-electron chi connectivity index (χ3n) is 4.58. The molecule has 0 radical (unpaired) electrons. The van der Waals surface area contributed by atoms with Gasteiger partial charge in [-0.1, -0.05) is 5.21 Å². The molecule has 1 aliphatic heterocycles. The second kappa shape index (κ2) is 7.67. The Hall–Kier alpha value is -3.06. The zero-order chi connectivity index (χ0) is 18.6. The van der Waals surface area contributed by atoms with Crippen LogP contribution in [0.2, 0.25) is 0 Å². The van der Waals surface area contributed by atoms with Gasteiger partial charge in [0.05, 0.1) is 23.7 Å². The number of hydrogen-bond donors (Lipinski definition) is 1. The van der Waals surface area contributed by atoms with E-state index in [-0.39, 0.29) is 17.8 Å². The van der Waals surface area contributed by atoms with Gasteiger partial charge in [-0.3, -0.25) is 4.79 Å². The summed E-state index contributed by atoms with van der Waals surface area (Å²) in [5.74, 6) is -0.425. The van der Waals surface area contributed by atoms with Crippen LogP contribution >= 0.6 is 0 Å². The highest BCUT2D eigenvalue weighted by molar-refractivity contribution is 5.94. The average Bonchev–Trinajstić information content (AvgIpc) is 3.39. The number of carbonyl (C=O) groups excluding carboxylic acids is 1. The second-order valence-electron chi connectivity index (χ2n) is 6.43. The van der Waals surface area contributed by atoms with Gasteiger partial charge in [0, 0.05) is 24.3 Å². The van der Waals surface area contributed by atoms with Crippen LogP contribution in [0.25, 0.3) is 16.9 Å². The number of nitrogens with zero attached hydrogens (tertiary/aromatic N) is 3. The lowest BCUT2D eigenvalue weighted by atomic mass is 10.1. The summed E-state index contributed by atoms with van der Waals surface area (Å²) in [6, 6.07) is 13.3. The van der Waals surface area contributed by atoms with Crippen LogP contribution in [0.5, 0.6) is 0 Å². The lowest BCUT2D eigenvalue weighted by Crippen LogP contribution is -2.31. The Morgan fingerprint density at radius 2 is 1.96 bits per heavy atom. The standard InChI is InChI=1S/C20H19FN4O2/c21-16-7-3-14(4-8-16)19-13-23-24-25(19)17-9-5-15(6-10-17)20(26)22-12-18-2-1-11-27-18/h3-10,13,18H,1-2,11-12H2,(H,22,26). The fraction of sp³-hybridized carbons (Fsp3) is 0.250. The maximum Gasteiger partial charge on any atom is 0.251 e. The number of aromatic nitrogens is 3. The van der Waals surface area contributed by atoms with E-state index in [1.807, 2.05) is 12.1 Å². The van der Waals surface area contributed by atoms with Crippen molar-refractivity contribution in [1.29, 1.82) is 0 Å². The summed E-state index contributed by atoms with van der Waals surface area (Å²) < 4.78 is 20.3. The van der Waals surface area contributed by atoms with Crippen molar-refractivity contribution >= 4 is 5.91 Å². The Bertz CT molecular complexity index is 916. The van der Waals surface area contributed by atoms with E-state index in [4.69, 9.17) is 4.74 Å². The van der Waals surface area contributed by atoms with E-state index in [9.17, 15) is 9.18 Å². The van der Waals surface area contributed by atoms with Crippen LogP contribution in [-0.4, -0.2) is 40.2 Å². The molecule has 1 unspecified atom stereocenters. The van der Waals surface area contributed by atoms with Crippen LogP contribution in [-0.2, 0) is 4.74 Å². The van der Waals surface area contributed by atoms with Gasteiger partial charge in [-0.15, -0.1) is 5.10 Å². The first kappa shape index (κ1) is 17.4. The number of rotatable bonds is 5. The van der Waals surface area contributed by atoms with Crippen molar-refractivity contribution in [2.75, 3.05) is 13.2 Å². The molecule has 1 aromatic heterocycles. The maximum atomic E-state index is 13.1. The van der Waals surface area contributed by atoms with Gasteiger partial charge >= 0.3 is 0 Å². The number of amides is 1. The van der Waals surface area contributed by atoms with Crippen molar-refractivity contribution in [3.05, 3.63) is 66.1 Å². The van der Waals surface area contributed by atoms with E-state index >= 15 is 0 Å². The molecular formula is C20H19FN4O2. The van der Waals surface area contributed by atoms with Crippen molar-refractivity contribution < 1.29 is 13.9 Å². The zero-order valence-corrected chi connectivity index (χ0v) is 14.6. The van der Waals surface area contributed by atoms with E-state index in [1.165, 1.54) is 12.1 Å².